The first-order valence-electron chi connectivity index (χ1n) is 5.41. The summed E-state index contributed by atoms with van der Waals surface area (Å²) in [6.45, 7) is 7.22. The molecule has 0 aliphatic carbocycles. The van der Waals surface area contributed by atoms with E-state index >= 15 is 0 Å². The summed E-state index contributed by atoms with van der Waals surface area (Å²) in [5, 5.41) is 4.19. The first kappa shape index (κ1) is 11.8. The highest BCUT2D eigenvalue weighted by molar-refractivity contribution is 5.90. The second kappa shape index (κ2) is 4.96. The van der Waals surface area contributed by atoms with Gasteiger partial charge in [0.2, 0.25) is 0 Å². The maximum Gasteiger partial charge on any atom is 0.269 e. The van der Waals surface area contributed by atoms with Gasteiger partial charge in [0.1, 0.15) is 5.69 Å². The third kappa shape index (κ3) is 3.08. The number of nitrogens with zero attached hydrogens (tertiary/aromatic N) is 2. The highest BCUT2D eigenvalue weighted by Crippen LogP contribution is 2.11. The maximum atomic E-state index is 11.0. The number of amides is 1. The predicted molar refractivity (Wildman–Crippen MR) is 59.6 cm³/mol. The van der Waals surface area contributed by atoms with Gasteiger partial charge in [-0.2, -0.15) is 5.10 Å². The van der Waals surface area contributed by atoms with Gasteiger partial charge in [-0.25, -0.2) is 0 Å². The Bertz CT molecular complexity index is 342. The van der Waals surface area contributed by atoms with Gasteiger partial charge in [0.15, 0.2) is 0 Å². The molecule has 0 atom stereocenters. The molecule has 0 bridgehead atoms. The van der Waals surface area contributed by atoms with Crippen LogP contribution in [0.15, 0.2) is 6.07 Å². The lowest BCUT2D eigenvalue weighted by Crippen LogP contribution is -2.12. The van der Waals surface area contributed by atoms with Gasteiger partial charge in [-0.15, -0.1) is 0 Å². The van der Waals surface area contributed by atoms with Crippen LogP contribution in [0.3, 0.4) is 0 Å². The average Bonchev–Trinajstić information content (AvgIpc) is 2.48. The molecular formula is C11H19N3O. The van der Waals surface area contributed by atoms with E-state index in [0.29, 0.717) is 11.6 Å². The third-order valence-electron chi connectivity index (χ3n) is 2.17. The topological polar surface area (TPSA) is 60.9 Å². The van der Waals surface area contributed by atoms with E-state index in [1.165, 1.54) is 0 Å². The average molecular weight is 209 g/mol. The predicted octanol–water partition coefficient (Wildman–Crippen LogP) is 1.59. The molecule has 4 heteroatoms. The molecular weight excluding hydrogens is 190 g/mol. The summed E-state index contributed by atoms with van der Waals surface area (Å²) < 4.78 is 1.89. The molecule has 0 fully saturated rings. The molecule has 0 spiro atoms. The standard InChI is InChI=1S/C11H19N3O/c1-4-5-14-9(6-8(2)3)7-10(13-14)11(12)15/h7-8H,4-6H2,1-3H3,(H2,12,15). The lowest BCUT2D eigenvalue weighted by Gasteiger charge is -2.07. The van der Waals surface area contributed by atoms with Crippen LogP contribution in [0, 0.1) is 5.92 Å². The number of carbonyl (C=O) groups is 1. The molecule has 1 rings (SSSR count). The summed E-state index contributed by atoms with van der Waals surface area (Å²) in [5.41, 5.74) is 6.68. The van der Waals surface area contributed by atoms with Crippen LogP contribution in [0.25, 0.3) is 0 Å². The summed E-state index contributed by atoms with van der Waals surface area (Å²) in [4.78, 5) is 11.0. The van der Waals surface area contributed by atoms with E-state index in [2.05, 4.69) is 25.9 Å². The van der Waals surface area contributed by atoms with Crippen molar-refractivity contribution < 1.29 is 4.79 Å². The van der Waals surface area contributed by atoms with Crippen molar-refractivity contribution in [2.45, 2.75) is 40.2 Å². The van der Waals surface area contributed by atoms with E-state index in [-0.39, 0.29) is 0 Å². The van der Waals surface area contributed by atoms with Crippen LogP contribution in [0.4, 0.5) is 0 Å². The third-order valence-corrected chi connectivity index (χ3v) is 2.17. The lowest BCUT2D eigenvalue weighted by molar-refractivity contribution is 0.0994. The van der Waals surface area contributed by atoms with Gasteiger partial charge in [-0.3, -0.25) is 9.48 Å². The van der Waals surface area contributed by atoms with Crippen molar-refractivity contribution >= 4 is 5.91 Å². The number of primary amides is 1. The Morgan fingerprint density at radius 1 is 1.60 bits per heavy atom. The minimum absolute atomic E-state index is 0.374. The molecule has 1 aromatic rings. The van der Waals surface area contributed by atoms with E-state index in [9.17, 15) is 4.79 Å². The molecule has 15 heavy (non-hydrogen) atoms. The van der Waals surface area contributed by atoms with Crippen LogP contribution in [-0.2, 0) is 13.0 Å². The summed E-state index contributed by atoms with van der Waals surface area (Å²) >= 11 is 0. The quantitative estimate of drug-likeness (QED) is 0.800. The SMILES string of the molecule is CCCn1nc(C(N)=O)cc1CC(C)C. The van der Waals surface area contributed by atoms with Crippen molar-refractivity contribution in [1.82, 2.24) is 9.78 Å². The number of rotatable bonds is 5. The van der Waals surface area contributed by atoms with Crippen LogP contribution in [0.2, 0.25) is 0 Å². The number of hydrogen-bond acceptors (Lipinski definition) is 2. The fraction of sp³-hybridized carbons (Fsp3) is 0.636. The van der Waals surface area contributed by atoms with Crippen molar-refractivity contribution in [1.29, 1.82) is 0 Å². The van der Waals surface area contributed by atoms with E-state index in [1.807, 2.05) is 4.68 Å². The Balaban J connectivity index is 2.94. The molecule has 0 radical (unpaired) electrons. The molecule has 0 saturated heterocycles. The molecule has 0 unspecified atom stereocenters. The fourth-order valence-corrected chi connectivity index (χ4v) is 1.56. The molecule has 2 N–H and O–H groups in total. The summed E-state index contributed by atoms with van der Waals surface area (Å²) in [5.74, 6) is 0.105. The summed E-state index contributed by atoms with van der Waals surface area (Å²) in [6, 6.07) is 1.80. The van der Waals surface area contributed by atoms with Gasteiger partial charge in [0.25, 0.3) is 5.91 Å². The second-order valence-electron chi connectivity index (χ2n) is 4.21. The van der Waals surface area contributed by atoms with E-state index in [0.717, 1.165) is 25.1 Å². The molecule has 84 valence electrons. The van der Waals surface area contributed by atoms with E-state index in [4.69, 9.17) is 5.73 Å². The highest BCUT2D eigenvalue weighted by Gasteiger charge is 2.11. The molecule has 0 aliphatic rings. The number of nitrogens with two attached hydrogens (primary N) is 1. The molecule has 1 heterocycles. The Morgan fingerprint density at radius 3 is 2.73 bits per heavy atom. The smallest absolute Gasteiger partial charge is 0.269 e. The molecule has 1 amide bonds. The molecule has 1 aromatic heterocycles. The zero-order valence-corrected chi connectivity index (χ0v) is 9.66. The van der Waals surface area contributed by atoms with Crippen molar-refractivity contribution in [2.24, 2.45) is 11.7 Å². The van der Waals surface area contributed by atoms with Gasteiger partial charge in [-0.1, -0.05) is 20.8 Å². The molecule has 0 aliphatic heterocycles. The Hall–Kier alpha value is -1.32. The van der Waals surface area contributed by atoms with E-state index in [1.54, 1.807) is 6.07 Å². The summed E-state index contributed by atoms with van der Waals surface area (Å²) in [7, 11) is 0. The normalized spacial score (nSPS) is 10.9. The molecule has 4 nitrogen and oxygen atoms in total. The van der Waals surface area contributed by atoms with Gasteiger partial charge in [-0.05, 0) is 24.8 Å². The van der Waals surface area contributed by atoms with Crippen molar-refractivity contribution in [3.05, 3.63) is 17.5 Å². The largest absolute Gasteiger partial charge is 0.364 e. The summed E-state index contributed by atoms with van der Waals surface area (Å²) in [6.07, 6.45) is 1.94. The van der Waals surface area contributed by atoms with Crippen LogP contribution in [-0.4, -0.2) is 15.7 Å². The lowest BCUT2D eigenvalue weighted by atomic mass is 10.1. The Morgan fingerprint density at radius 2 is 2.27 bits per heavy atom. The number of aromatic nitrogens is 2. The fourth-order valence-electron chi connectivity index (χ4n) is 1.56. The monoisotopic (exact) mass is 209 g/mol. The zero-order valence-electron chi connectivity index (χ0n) is 9.66. The van der Waals surface area contributed by atoms with Gasteiger partial charge < -0.3 is 5.73 Å². The number of aryl methyl sites for hydroxylation is 1. The maximum absolute atomic E-state index is 11.0. The second-order valence-corrected chi connectivity index (χ2v) is 4.21. The number of hydrogen-bond donors (Lipinski definition) is 1. The van der Waals surface area contributed by atoms with Gasteiger partial charge in [0.05, 0.1) is 0 Å². The highest BCUT2D eigenvalue weighted by atomic mass is 16.1. The Kier molecular flexibility index (Phi) is 3.88. The molecule has 0 aromatic carbocycles. The van der Waals surface area contributed by atoms with Crippen LogP contribution in [0.1, 0.15) is 43.4 Å². The van der Waals surface area contributed by atoms with E-state index < -0.39 is 5.91 Å². The van der Waals surface area contributed by atoms with Gasteiger partial charge in [0, 0.05) is 12.2 Å². The number of carbonyl (C=O) groups excluding carboxylic acids is 1. The van der Waals surface area contributed by atoms with Crippen molar-refractivity contribution in [3.8, 4) is 0 Å². The van der Waals surface area contributed by atoms with Crippen molar-refractivity contribution in [3.63, 3.8) is 0 Å². The van der Waals surface area contributed by atoms with Crippen LogP contribution < -0.4 is 5.73 Å². The van der Waals surface area contributed by atoms with Crippen LogP contribution >= 0.6 is 0 Å². The molecule has 0 saturated carbocycles. The first-order valence-corrected chi connectivity index (χ1v) is 5.41. The minimum Gasteiger partial charge on any atom is -0.364 e. The van der Waals surface area contributed by atoms with Gasteiger partial charge >= 0.3 is 0 Å². The zero-order chi connectivity index (χ0) is 11.4. The van der Waals surface area contributed by atoms with Crippen molar-refractivity contribution in [2.75, 3.05) is 0 Å². The van der Waals surface area contributed by atoms with Crippen LogP contribution in [0.5, 0.6) is 0 Å². The Labute approximate surface area is 90.5 Å². The minimum atomic E-state index is -0.449. The first-order chi connectivity index (χ1) is 7.04.